The van der Waals surface area contributed by atoms with Gasteiger partial charge in [-0.25, -0.2) is 5.01 Å². The van der Waals surface area contributed by atoms with Crippen LogP contribution in [0.5, 0.6) is 0 Å². The summed E-state index contributed by atoms with van der Waals surface area (Å²) in [4.78, 5) is 21.3. The summed E-state index contributed by atoms with van der Waals surface area (Å²) in [5.41, 5.74) is 6.33. The number of fused-ring (bicyclic) bond motifs is 2. The molecule has 2 aliphatic heterocycles. The topological polar surface area (TPSA) is 86.9 Å². The minimum Gasteiger partial charge on any atom is -0.404 e. The van der Waals surface area contributed by atoms with Crippen molar-refractivity contribution in [3.63, 3.8) is 0 Å². The van der Waals surface area contributed by atoms with Crippen molar-refractivity contribution in [2.24, 2.45) is 4.99 Å². The van der Waals surface area contributed by atoms with Gasteiger partial charge in [0.2, 0.25) is 11.8 Å². The lowest BCUT2D eigenvalue weighted by Crippen LogP contribution is -2.38. The molecule has 1 N–H and O–H groups in total. The average Bonchev–Trinajstić information content (AvgIpc) is 3.52. The SMILES string of the molecule is CC(=O)N1N/C(=N/c2nnc(CN3c4ccccc4Sc4ccccc43)o2)CC1c1ccccc1. The maximum Gasteiger partial charge on any atom is 0.344 e. The molecule has 4 aromatic rings. The molecular weight excluding hydrogens is 460 g/mol. The molecular formula is C26H22N6O2S. The first-order valence-corrected chi connectivity index (χ1v) is 12.1. The third-order valence-corrected chi connectivity index (χ3v) is 7.11. The fourth-order valence-electron chi connectivity index (χ4n) is 4.40. The highest BCUT2D eigenvalue weighted by Gasteiger charge is 2.32. The molecule has 9 heteroatoms. The highest BCUT2D eigenvalue weighted by molar-refractivity contribution is 7.99. The van der Waals surface area contributed by atoms with Crippen molar-refractivity contribution >= 4 is 40.9 Å². The second kappa shape index (κ2) is 8.92. The fraction of sp³-hybridized carbons (Fsp3) is 0.154. The van der Waals surface area contributed by atoms with Crippen molar-refractivity contribution in [3.05, 3.63) is 90.3 Å². The number of hydrogen-bond donors (Lipinski definition) is 1. The Morgan fingerprint density at radius 1 is 1.00 bits per heavy atom. The van der Waals surface area contributed by atoms with Crippen molar-refractivity contribution in [3.8, 4) is 0 Å². The van der Waals surface area contributed by atoms with Crippen molar-refractivity contribution in [1.29, 1.82) is 0 Å². The van der Waals surface area contributed by atoms with Gasteiger partial charge in [0.15, 0.2) is 0 Å². The third-order valence-electron chi connectivity index (χ3n) is 5.98. The molecule has 1 saturated heterocycles. The smallest absolute Gasteiger partial charge is 0.344 e. The van der Waals surface area contributed by atoms with Crippen LogP contribution < -0.4 is 10.3 Å². The number of amidine groups is 1. The molecule has 2 aliphatic rings. The van der Waals surface area contributed by atoms with E-state index in [1.807, 2.05) is 54.6 Å². The molecule has 8 nitrogen and oxygen atoms in total. The second-order valence-electron chi connectivity index (χ2n) is 8.29. The van der Waals surface area contributed by atoms with Crippen LogP contribution in [0.15, 0.2) is 98.1 Å². The van der Waals surface area contributed by atoms with Crippen LogP contribution in [0, 0.1) is 0 Å². The van der Waals surface area contributed by atoms with Crippen LogP contribution in [0.2, 0.25) is 0 Å². The van der Waals surface area contributed by atoms with E-state index in [1.54, 1.807) is 16.8 Å². The number of carbonyl (C=O) groups is 1. The normalized spacial score (nSPS) is 17.7. The second-order valence-corrected chi connectivity index (χ2v) is 9.38. The van der Waals surface area contributed by atoms with Gasteiger partial charge < -0.3 is 9.32 Å². The molecule has 6 rings (SSSR count). The average molecular weight is 483 g/mol. The number of aromatic nitrogens is 2. The molecule has 3 aromatic carbocycles. The van der Waals surface area contributed by atoms with E-state index in [9.17, 15) is 4.79 Å². The summed E-state index contributed by atoms with van der Waals surface area (Å²) < 4.78 is 5.91. The predicted octanol–water partition coefficient (Wildman–Crippen LogP) is 5.40. The largest absolute Gasteiger partial charge is 0.404 e. The van der Waals surface area contributed by atoms with Gasteiger partial charge in [-0.2, -0.15) is 4.99 Å². The summed E-state index contributed by atoms with van der Waals surface area (Å²) in [6, 6.07) is 26.5. The maximum absolute atomic E-state index is 12.2. The first-order valence-electron chi connectivity index (χ1n) is 11.3. The van der Waals surface area contributed by atoms with E-state index in [2.05, 4.69) is 49.8 Å². The van der Waals surface area contributed by atoms with E-state index in [-0.39, 0.29) is 18.0 Å². The summed E-state index contributed by atoms with van der Waals surface area (Å²) in [5.74, 6) is 0.978. The van der Waals surface area contributed by atoms with Gasteiger partial charge in [0.05, 0.1) is 17.4 Å². The molecule has 1 unspecified atom stereocenters. The van der Waals surface area contributed by atoms with Gasteiger partial charge in [-0.3, -0.25) is 10.2 Å². The summed E-state index contributed by atoms with van der Waals surface area (Å²) in [6.07, 6.45) is 0.533. The lowest BCUT2D eigenvalue weighted by Gasteiger charge is -2.31. The highest BCUT2D eigenvalue weighted by atomic mass is 32.2. The predicted molar refractivity (Wildman–Crippen MR) is 134 cm³/mol. The number of rotatable bonds is 4. The van der Waals surface area contributed by atoms with Crippen LogP contribution in [0.4, 0.5) is 17.4 Å². The molecule has 0 saturated carbocycles. The first kappa shape index (κ1) is 21.4. The van der Waals surface area contributed by atoms with Gasteiger partial charge >= 0.3 is 6.01 Å². The van der Waals surface area contributed by atoms with Gasteiger partial charge in [-0.15, -0.1) is 5.10 Å². The molecule has 35 heavy (non-hydrogen) atoms. The van der Waals surface area contributed by atoms with Gasteiger partial charge in [-0.05, 0) is 29.8 Å². The number of hydrogen-bond acceptors (Lipinski definition) is 7. The number of para-hydroxylation sites is 2. The molecule has 0 spiro atoms. The molecule has 0 radical (unpaired) electrons. The number of anilines is 2. The van der Waals surface area contributed by atoms with E-state index in [0.717, 1.165) is 16.9 Å². The standard InChI is InChI=1S/C26H22N6O2S/c1-17(33)32-21(18-9-3-2-4-10-18)15-24(30-32)27-26-29-28-25(34-26)16-31-19-11-5-7-13-22(19)35-23-14-8-6-12-20(23)31/h2-14,21H,15-16H2,1H3,(H,27,29,30). The molecule has 0 bridgehead atoms. The molecule has 1 aromatic heterocycles. The van der Waals surface area contributed by atoms with Gasteiger partial charge in [0.25, 0.3) is 0 Å². The Kier molecular flexibility index (Phi) is 5.46. The van der Waals surface area contributed by atoms with Crippen LogP contribution >= 0.6 is 11.8 Å². The monoisotopic (exact) mass is 482 g/mol. The van der Waals surface area contributed by atoms with Crippen LogP contribution in [0.25, 0.3) is 0 Å². The van der Waals surface area contributed by atoms with E-state index in [4.69, 9.17) is 4.42 Å². The van der Waals surface area contributed by atoms with E-state index in [0.29, 0.717) is 24.7 Å². The molecule has 1 atom stereocenters. The number of aliphatic imine (C=N–C) groups is 1. The third kappa shape index (κ3) is 4.15. The van der Waals surface area contributed by atoms with Crippen molar-refractivity contribution < 1.29 is 9.21 Å². The quantitative estimate of drug-likeness (QED) is 0.417. The number of benzene rings is 3. The molecule has 0 aliphatic carbocycles. The number of hydrazine groups is 1. The first-order chi connectivity index (χ1) is 17.2. The van der Waals surface area contributed by atoms with E-state index in [1.165, 1.54) is 16.7 Å². The van der Waals surface area contributed by atoms with Crippen molar-refractivity contribution in [2.75, 3.05) is 4.90 Å². The van der Waals surface area contributed by atoms with Crippen LogP contribution in [-0.2, 0) is 11.3 Å². The Hall–Kier alpha value is -4.11. The summed E-state index contributed by atoms with van der Waals surface area (Å²) in [5, 5.41) is 9.98. The Morgan fingerprint density at radius 3 is 2.34 bits per heavy atom. The van der Waals surface area contributed by atoms with E-state index < -0.39 is 0 Å². The number of carbonyl (C=O) groups excluding carboxylic acids is 1. The summed E-state index contributed by atoms with van der Waals surface area (Å²) in [7, 11) is 0. The zero-order valence-corrected chi connectivity index (χ0v) is 19.8. The molecule has 174 valence electrons. The van der Waals surface area contributed by atoms with Crippen LogP contribution in [-0.4, -0.2) is 26.9 Å². The zero-order valence-electron chi connectivity index (χ0n) is 19.0. The Labute approximate surface area is 206 Å². The van der Waals surface area contributed by atoms with Gasteiger partial charge in [0, 0.05) is 23.1 Å². The van der Waals surface area contributed by atoms with Gasteiger partial charge in [-0.1, -0.05) is 71.5 Å². The number of nitrogens with one attached hydrogen (secondary N) is 1. The highest BCUT2D eigenvalue weighted by Crippen LogP contribution is 2.48. The Bertz CT molecular complexity index is 1370. The van der Waals surface area contributed by atoms with Gasteiger partial charge in [0.1, 0.15) is 12.4 Å². The minimum atomic E-state index is -0.145. The number of nitrogens with zero attached hydrogens (tertiary/aromatic N) is 5. The fourth-order valence-corrected chi connectivity index (χ4v) is 5.50. The number of amides is 1. The molecule has 1 fully saturated rings. The van der Waals surface area contributed by atoms with E-state index >= 15 is 0 Å². The Morgan fingerprint density at radius 2 is 1.66 bits per heavy atom. The molecule has 3 heterocycles. The minimum absolute atomic E-state index is 0.0874. The van der Waals surface area contributed by atoms with Crippen LogP contribution in [0.1, 0.15) is 30.8 Å². The lowest BCUT2D eigenvalue weighted by atomic mass is 10.0. The maximum atomic E-state index is 12.2. The Balaban J connectivity index is 1.25. The van der Waals surface area contributed by atoms with Crippen LogP contribution in [0.3, 0.4) is 0 Å². The van der Waals surface area contributed by atoms with Crippen molar-refractivity contribution in [1.82, 2.24) is 20.6 Å². The summed E-state index contributed by atoms with van der Waals surface area (Å²) in [6.45, 7) is 1.95. The zero-order chi connectivity index (χ0) is 23.8. The van der Waals surface area contributed by atoms with Crippen molar-refractivity contribution in [2.45, 2.75) is 35.7 Å². The summed E-state index contributed by atoms with van der Waals surface area (Å²) >= 11 is 1.75. The molecule has 1 amide bonds. The lowest BCUT2D eigenvalue weighted by molar-refractivity contribution is -0.132.